The Morgan fingerprint density at radius 3 is 2.79 bits per heavy atom. The number of nitrogens with one attached hydrogen (secondary N) is 1. The molecule has 0 atom stereocenters. The number of benzene rings is 1. The molecule has 0 spiro atoms. The highest BCUT2D eigenvalue weighted by Gasteiger charge is 2.04. The maximum absolute atomic E-state index is 11.8. The Hall–Kier alpha value is -1.38. The van der Waals surface area contributed by atoms with Crippen LogP contribution in [-0.2, 0) is 0 Å². The Balaban J connectivity index is 2.69. The number of alkyl halides is 1. The maximum atomic E-state index is 11.8. The molecule has 0 saturated carbocycles. The zero-order valence-corrected chi connectivity index (χ0v) is 8.22. The van der Waals surface area contributed by atoms with E-state index in [0.717, 1.165) is 5.69 Å². The highest BCUT2D eigenvalue weighted by Crippen LogP contribution is 2.15. The van der Waals surface area contributed by atoms with E-state index in [1.807, 2.05) is 18.2 Å². The molecule has 0 aliphatic rings. The fraction of sp³-hybridized carbons (Fsp3) is 0.364. The lowest BCUT2D eigenvalue weighted by Gasteiger charge is -2.08. The van der Waals surface area contributed by atoms with Crippen LogP contribution < -0.4 is 5.32 Å². The van der Waals surface area contributed by atoms with Crippen molar-refractivity contribution in [2.75, 3.05) is 18.5 Å². The van der Waals surface area contributed by atoms with Gasteiger partial charge in [-0.1, -0.05) is 12.1 Å². The van der Waals surface area contributed by atoms with Crippen molar-refractivity contribution >= 4 is 11.5 Å². The summed E-state index contributed by atoms with van der Waals surface area (Å²) in [7, 11) is 0. The van der Waals surface area contributed by atoms with E-state index in [1.165, 1.54) is 6.92 Å². The molecule has 76 valence electrons. The summed E-state index contributed by atoms with van der Waals surface area (Å²) < 4.78 is 11.8. The van der Waals surface area contributed by atoms with Crippen LogP contribution in [0.2, 0.25) is 0 Å². The van der Waals surface area contributed by atoms with Crippen LogP contribution in [0.5, 0.6) is 0 Å². The molecule has 0 unspecified atom stereocenters. The van der Waals surface area contributed by atoms with Gasteiger partial charge in [-0.05, 0) is 25.5 Å². The van der Waals surface area contributed by atoms with Crippen molar-refractivity contribution in [3.05, 3.63) is 29.8 Å². The van der Waals surface area contributed by atoms with Crippen molar-refractivity contribution in [1.82, 2.24) is 0 Å². The first kappa shape index (κ1) is 10.7. The SMILES string of the molecule is CC(=O)c1ccccc1NCCCF. The first-order chi connectivity index (χ1) is 6.75. The first-order valence-electron chi connectivity index (χ1n) is 4.65. The van der Waals surface area contributed by atoms with Crippen LogP contribution in [0.25, 0.3) is 0 Å². The van der Waals surface area contributed by atoms with Crippen molar-refractivity contribution < 1.29 is 9.18 Å². The Morgan fingerprint density at radius 1 is 1.43 bits per heavy atom. The van der Waals surface area contributed by atoms with Gasteiger partial charge in [0.15, 0.2) is 5.78 Å². The molecule has 14 heavy (non-hydrogen) atoms. The van der Waals surface area contributed by atoms with Gasteiger partial charge < -0.3 is 5.32 Å². The summed E-state index contributed by atoms with van der Waals surface area (Å²) in [6.07, 6.45) is 0.465. The van der Waals surface area contributed by atoms with E-state index >= 15 is 0 Å². The van der Waals surface area contributed by atoms with Crippen LogP contribution in [0.3, 0.4) is 0 Å². The molecule has 0 amide bonds. The number of anilines is 1. The number of halogens is 1. The van der Waals surface area contributed by atoms with E-state index in [-0.39, 0.29) is 12.5 Å². The Bertz CT molecular complexity index is 312. The standard InChI is InChI=1S/C11H14FNO/c1-9(14)10-5-2-3-6-11(10)13-8-4-7-12/h2-3,5-6,13H,4,7-8H2,1H3. The minimum absolute atomic E-state index is 0.0216. The summed E-state index contributed by atoms with van der Waals surface area (Å²) in [6, 6.07) is 7.26. The lowest BCUT2D eigenvalue weighted by molar-refractivity contribution is 0.101. The normalized spacial score (nSPS) is 9.86. The van der Waals surface area contributed by atoms with E-state index in [4.69, 9.17) is 0 Å². The average molecular weight is 195 g/mol. The summed E-state index contributed by atoms with van der Waals surface area (Å²) in [4.78, 5) is 11.2. The maximum Gasteiger partial charge on any atom is 0.161 e. The van der Waals surface area contributed by atoms with Crippen LogP contribution in [0.15, 0.2) is 24.3 Å². The number of Topliss-reactive ketones (excluding diaryl/α,β-unsaturated/α-hetero) is 1. The van der Waals surface area contributed by atoms with Crippen molar-refractivity contribution in [1.29, 1.82) is 0 Å². The molecule has 1 aromatic rings. The van der Waals surface area contributed by atoms with Crippen molar-refractivity contribution in [2.45, 2.75) is 13.3 Å². The van der Waals surface area contributed by atoms with E-state index in [2.05, 4.69) is 5.32 Å². The molecule has 3 heteroatoms. The van der Waals surface area contributed by atoms with Gasteiger partial charge in [0.05, 0.1) is 6.67 Å². The van der Waals surface area contributed by atoms with Crippen LogP contribution >= 0.6 is 0 Å². The second-order valence-corrected chi connectivity index (χ2v) is 3.07. The number of hydrogen-bond donors (Lipinski definition) is 1. The zero-order chi connectivity index (χ0) is 10.4. The Labute approximate surface area is 83.1 Å². The quantitative estimate of drug-likeness (QED) is 0.578. The summed E-state index contributed by atoms with van der Waals surface area (Å²) in [5, 5.41) is 3.03. The molecule has 0 saturated heterocycles. The van der Waals surface area contributed by atoms with Gasteiger partial charge in [-0.3, -0.25) is 9.18 Å². The summed E-state index contributed by atoms with van der Waals surface area (Å²) >= 11 is 0. The number of carbonyl (C=O) groups is 1. The summed E-state index contributed by atoms with van der Waals surface area (Å²) in [5.41, 5.74) is 1.44. The number of ketones is 1. The van der Waals surface area contributed by atoms with Gasteiger partial charge >= 0.3 is 0 Å². The number of para-hydroxylation sites is 1. The molecule has 0 aliphatic heterocycles. The van der Waals surface area contributed by atoms with Gasteiger partial charge in [-0.15, -0.1) is 0 Å². The van der Waals surface area contributed by atoms with E-state index in [0.29, 0.717) is 18.5 Å². The van der Waals surface area contributed by atoms with Crippen LogP contribution in [0.1, 0.15) is 23.7 Å². The lowest BCUT2D eigenvalue weighted by Crippen LogP contribution is -2.06. The van der Waals surface area contributed by atoms with Gasteiger partial charge in [0.2, 0.25) is 0 Å². The third-order valence-corrected chi connectivity index (χ3v) is 1.93. The number of hydrogen-bond acceptors (Lipinski definition) is 2. The van der Waals surface area contributed by atoms with Crippen molar-refractivity contribution in [3.63, 3.8) is 0 Å². The van der Waals surface area contributed by atoms with E-state index < -0.39 is 0 Å². The molecular weight excluding hydrogens is 181 g/mol. The molecular formula is C11H14FNO. The first-order valence-corrected chi connectivity index (χ1v) is 4.65. The predicted molar refractivity (Wildman–Crippen MR) is 55.5 cm³/mol. The Morgan fingerprint density at radius 2 is 2.14 bits per heavy atom. The smallest absolute Gasteiger partial charge is 0.161 e. The minimum Gasteiger partial charge on any atom is -0.384 e. The molecule has 0 fully saturated rings. The highest BCUT2D eigenvalue weighted by molar-refractivity contribution is 5.99. The van der Waals surface area contributed by atoms with Crippen molar-refractivity contribution in [2.24, 2.45) is 0 Å². The molecule has 0 aromatic heterocycles. The molecule has 1 rings (SSSR count). The van der Waals surface area contributed by atoms with Crippen LogP contribution in [0, 0.1) is 0 Å². The number of carbonyl (C=O) groups excluding carboxylic acids is 1. The van der Waals surface area contributed by atoms with E-state index in [9.17, 15) is 9.18 Å². The molecule has 1 aromatic carbocycles. The highest BCUT2D eigenvalue weighted by atomic mass is 19.1. The molecule has 0 radical (unpaired) electrons. The lowest BCUT2D eigenvalue weighted by atomic mass is 10.1. The van der Waals surface area contributed by atoms with Crippen molar-refractivity contribution in [3.8, 4) is 0 Å². The molecule has 0 aliphatic carbocycles. The third kappa shape index (κ3) is 2.83. The molecule has 1 N–H and O–H groups in total. The van der Waals surface area contributed by atoms with Gasteiger partial charge in [0, 0.05) is 17.8 Å². The molecule has 0 bridgehead atoms. The Kier molecular flexibility index (Phi) is 4.11. The fourth-order valence-corrected chi connectivity index (χ4v) is 1.23. The van der Waals surface area contributed by atoms with Crippen LogP contribution in [-0.4, -0.2) is 19.0 Å². The zero-order valence-electron chi connectivity index (χ0n) is 8.22. The van der Waals surface area contributed by atoms with Gasteiger partial charge in [0.1, 0.15) is 0 Å². The van der Waals surface area contributed by atoms with Crippen LogP contribution in [0.4, 0.5) is 10.1 Å². The predicted octanol–water partition coefficient (Wildman–Crippen LogP) is 2.66. The number of rotatable bonds is 5. The molecule has 2 nitrogen and oxygen atoms in total. The monoisotopic (exact) mass is 195 g/mol. The van der Waals surface area contributed by atoms with Gasteiger partial charge in [-0.25, -0.2) is 0 Å². The fourth-order valence-electron chi connectivity index (χ4n) is 1.23. The van der Waals surface area contributed by atoms with Gasteiger partial charge in [-0.2, -0.15) is 0 Å². The third-order valence-electron chi connectivity index (χ3n) is 1.93. The topological polar surface area (TPSA) is 29.1 Å². The summed E-state index contributed by atoms with van der Waals surface area (Å²) in [5.74, 6) is 0.0216. The van der Waals surface area contributed by atoms with E-state index in [1.54, 1.807) is 6.07 Å². The molecule has 0 heterocycles. The average Bonchev–Trinajstić information content (AvgIpc) is 2.19. The minimum atomic E-state index is -0.338. The summed E-state index contributed by atoms with van der Waals surface area (Å²) in [6.45, 7) is 1.74. The second-order valence-electron chi connectivity index (χ2n) is 3.07. The second kappa shape index (κ2) is 5.37. The van der Waals surface area contributed by atoms with Gasteiger partial charge in [0.25, 0.3) is 0 Å². The largest absolute Gasteiger partial charge is 0.384 e.